The number of thiazole rings is 1. The maximum absolute atomic E-state index is 14.1. The second-order valence-corrected chi connectivity index (χ2v) is 7.31. The average molecular weight is 439 g/mol. The highest BCUT2D eigenvalue weighted by atomic mass is 35.5. The van der Waals surface area contributed by atoms with Crippen LogP contribution in [0.25, 0.3) is 0 Å². The molecule has 3 aromatic rings. The lowest BCUT2D eigenvalue weighted by Gasteiger charge is -2.18. The van der Waals surface area contributed by atoms with Crippen molar-refractivity contribution in [2.24, 2.45) is 0 Å². The summed E-state index contributed by atoms with van der Waals surface area (Å²) in [5, 5.41) is 2.48. The van der Waals surface area contributed by atoms with Crippen LogP contribution in [0.5, 0.6) is 0 Å². The number of aromatic nitrogens is 1. The van der Waals surface area contributed by atoms with Crippen molar-refractivity contribution < 1.29 is 18.7 Å². The zero-order chi connectivity index (χ0) is 20.3. The molecule has 0 N–H and O–H groups in total. The number of carbonyl (C=O) groups is 2. The molecule has 0 saturated heterocycles. The highest BCUT2D eigenvalue weighted by Crippen LogP contribution is 2.31. The van der Waals surface area contributed by atoms with Crippen LogP contribution in [0.2, 0.25) is 10.0 Å². The van der Waals surface area contributed by atoms with Crippen LogP contribution < -0.4 is 4.90 Å². The second kappa shape index (κ2) is 8.68. The molecule has 0 aliphatic heterocycles. The Morgan fingerprint density at radius 1 is 1.21 bits per heavy atom. The summed E-state index contributed by atoms with van der Waals surface area (Å²) < 4.78 is 19.3. The van der Waals surface area contributed by atoms with Crippen LogP contribution in [0.4, 0.5) is 15.2 Å². The minimum atomic E-state index is -0.631. The van der Waals surface area contributed by atoms with Gasteiger partial charge in [0.1, 0.15) is 12.4 Å². The number of para-hydroxylation sites is 1. The van der Waals surface area contributed by atoms with Crippen LogP contribution >= 0.6 is 34.5 Å². The number of hydrogen-bond acceptors (Lipinski definition) is 5. The molecule has 0 saturated carbocycles. The van der Waals surface area contributed by atoms with Crippen LogP contribution in [0.15, 0.2) is 47.8 Å². The van der Waals surface area contributed by atoms with Gasteiger partial charge >= 0.3 is 5.97 Å². The standard InChI is InChI=1S/C19H13Cl2FN2O3S/c1-11(25)24(17-5-3-2-4-16(17)22)19-23-13(10-28-19)9-27-18(26)14-7-6-12(20)8-15(14)21/h2-8,10H,9H2,1H3. The molecule has 28 heavy (non-hydrogen) atoms. The van der Waals surface area contributed by atoms with E-state index in [1.165, 1.54) is 48.2 Å². The van der Waals surface area contributed by atoms with Crippen molar-refractivity contribution in [2.75, 3.05) is 4.90 Å². The van der Waals surface area contributed by atoms with Crippen LogP contribution in [0, 0.1) is 5.82 Å². The van der Waals surface area contributed by atoms with E-state index in [-0.39, 0.29) is 28.0 Å². The van der Waals surface area contributed by atoms with Crippen molar-refractivity contribution in [3.8, 4) is 0 Å². The molecule has 144 valence electrons. The van der Waals surface area contributed by atoms with Gasteiger partial charge in [0, 0.05) is 17.3 Å². The van der Waals surface area contributed by atoms with E-state index in [0.29, 0.717) is 10.7 Å². The molecular formula is C19H13Cl2FN2O3S. The summed E-state index contributed by atoms with van der Waals surface area (Å²) in [6.45, 7) is 1.19. The number of nitrogens with zero attached hydrogens (tertiary/aromatic N) is 2. The molecule has 1 amide bonds. The zero-order valence-electron chi connectivity index (χ0n) is 14.5. The topological polar surface area (TPSA) is 59.5 Å². The molecule has 0 radical (unpaired) electrons. The first kappa shape index (κ1) is 20.3. The van der Waals surface area contributed by atoms with Gasteiger partial charge < -0.3 is 4.74 Å². The van der Waals surface area contributed by atoms with Gasteiger partial charge in [-0.15, -0.1) is 11.3 Å². The van der Waals surface area contributed by atoms with Gasteiger partial charge in [0.15, 0.2) is 5.13 Å². The molecule has 0 bridgehead atoms. The minimum Gasteiger partial charge on any atom is -0.456 e. The molecule has 0 aliphatic carbocycles. The third-order valence-electron chi connectivity index (χ3n) is 3.64. The molecule has 0 fully saturated rings. The molecule has 0 aliphatic rings. The average Bonchev–Trinajstić information content (AvgIpc) is 3.10. The van der Waals surface area contributed by atoms with Gasteiger partial charge in [0.2, 0.25) is 5.91 Å². The minimum absolute atomic E-state index is 0.0980. The number of anilines is 2. The van der Waals surface area contributed by atoms with Gasteiger partial charge in [-0.1, -0.05) is 35.3 Å². The first-order chi connectivity index (χ1) is 13.4. The van der Waals surface area contributed by atoms with E-state index in [1.54, 1.807) is 11.4 Å². The highest BCUT2D eigenvalue weighted by molar-refractivity contribution is 7.14. The van der Waals surface area contributed by atoms with Crippen LogP contribution in [-0.4, -0.2) is 16.9 Å². The zero-order valence-corrected chi connectivity index (χ0v) is 16.8. The molecule has 1 aromatic heterocycles. The Labute approximate surface area is 174 Å². The first-order valence-corrected chi connectivity index (χ1v) is 9.62. The summed E-state index contributed by atoms with van der Waals surface area (Å²) in [6, 6.07) is 10.4. The van der Waals surface area contributed by atoms with Crippen molar-refractivity contribution in [3.05, 3.63) is 75.0 Å². The molecule has 0 spiro atoms. The van der Waals surface area contributed by atoms with E-state index >= 15 is 0 Å². The SMILES string of the molecule is CC(=O)N(c1nc(COC(=O)c2ccc(Cl)cc2Cl)cs1)c1ccccc1F. The largest absolute Gasteiger partial charge is 0.456 e. The number of esters is 1. The third-order valence-corrected chi connectivity index (χ3v) is 5.06. The Bertz CT molecular complexity index is 1040. The molecule has 1 heterocycles. The van der Waals surface area contributed by atoms with Gasteiger partial charge in [-0.3, -0.25) is 9.69 Å². The third kappa shape index (κ3) is 4.49. The number of halogens is 3. The van der Waals surface area contributed by atoms with E-state index in [1.807, 2.05) is 0 Å². The summed E-state index contributed by atoms with van der Waals surface area (Å²) in [4.78, 5) is 29.7. The monoisotopic (exact) mass is 438 g/mol. The maximum Gasteiger partial charge on any atom is 0.340 e. The van der Waals surface area contributed by atoms with E-state index in [4.69, 9.17) is 27.9 Å². The fourth-order valence-electron chi connectivity index (χ4n) is 2.38. The fourth-order valence-corrected chi connectivity index (χ4v) is 3.73. The number of hydrogen-bond donors (Lipinski definition) is 0. The van der Waals surface area contributed by atoms with E-state index in [2.05, 4.69) is 4.98 Å². The Morgan fingerprint density at radius 2 is 1.96 bits per heavy atom. The van der Waals surface area contributed by atoms with Gasteiger partial charge in [0.25, 0.3) is 0 Å². The molecule has 0 atom stereocenters. The Kier molecular flexibility index (Phi) is 6.28. The summed E-state index contributed by atoms with van der Waals surface area (Å²) in [7, 11) is 0. The predicted octanol–water partition coefficient (Wildman–Crippen LogP) is 5.63. The molecular weight excluding hydrogens is 426 g/mol. The Hall–Kier alpha value is -2.48. The maximum atomic E-state index is 14.1. The van der Waals surface area contributed by atoms with Crippen LogP contribution in [-0.2, 0) is 16.1 Å². The quantitative estimate of drug-likeness (QED) is 0.484. The molecule has 2 aromatic carbocycles. The molecule has 0 unspecified atom stereocenters. The van der Waals surface area contributed by atoms with Crippen molar-refractivity contribution in [1.29, 1.82) is 0 Å². The smallest absolute Gasteiger partial charge is 0.340 e. The second-order valence-electron chi connectivity index (χ2n) is 5.63. The van der Waals surface area contributed by atoms with Gasteiger partial charge in [-0.25, -0.2) is 14.2 Å². The number of carbonyl (C=O) groups excluding carboxylic acids is 2. The Morgan fingerprint density at radius 3 is 2.64 bits per heavy atom. The lowest BCUT2D eigenvalue weighted by Crippen LogP contribution is -2.23. The summed E-state index contributed by atoms with van der Waals surface area (Å²) >= 11 is 12.9. The number of rotatable bonds is 5. The van der Waals surface area contributed by atoms with Crippen LogP contribution in [0.3, 0.4) is 0 Å². The fraction of sp³-hybridized carbons (Fsp3) is 0.105. The lowest BCUT2D eigenvalue weighted by molar-refractivity contribution is -0.115. The van der Waals surface area contributed by atoms with Crippen molar-refractivity contribution in [2.45, 2.75) is 13.5 Å². The van der Waals surface area contributed by atoms with E-state index in [0.717, 1.165) is 11.3 Å². The van der Waals surface area contributed by atoms with Crippen molar-refractivity contribution >= 4 is 57.2 Å². The molecule has 9 heteroatoms. The summed E-state index contributed by atoms with van der Waals surface area (Å²) in [5.74, 6) is -1.57. The molecule has 3 rings (SSSR count). The van der Waals surface area contributed by atoms with Gasteiger partial charge in [0.05, 0.1) is 22.0 Å². The predicted molar refractivity (Wildman–Crippen MR) is 107 cm³/mol. The molecule has 5 nitrogen and oxygen atoms in total. The lowest BCUT2D eigenvalue weighted by atomic mass is 10.2. The van der Waals surface area contributed by atoms with Crippen molar-refractivity contribution in [1.82, 2.24) is 4.98 Å². The normalized spacial score (nSPS) is 10.6. The number of ether oxygens (including phenoxy) is 1. The Balaban J connectivity index is 1.75. The highest BCUT2D eigenvalue weighted by Gasteiger charge is 2.21. The summed E-state index contributed by atoms with van der Waals surface area (Å²) in [5.41, 5.74) is 0.695. The summed E-state index contributed by atoms with van der Waals surface area (Å²) in [6.07, 6.45) is 0. The van der Waals surface area contributed by atoms with E-state index in [9.17, 15) is 14.0 Å². The first-order valence-electron chi connectivity index (χ1n) is 7.98. The number of benzene rings is 2. The van der Waals surface area contributed by atoms with Crippen LogP contribution in [0.1, 0.15) is 23.0 Å². The van der Waals surface area contributed by atoms with E-state index < -0.39 is 17.7 Å². The van der Waals surface area contributed by atoms with Crippen molar-refractivity contribution in [3.63, 3.8) is 0 Å². The van der Waals surface area contributed by atoms with Gasteiger partial charge in [-0.05, 0) is 30.3 Å². The van der Waals surface area contributed by atoms with Gasteiger partial charge in [-0.2, -0.15) is 0 Å². The number of amides is 1.